The zero-order valence-corrected chi connectivity index (χ0v) is 12.0. The minimum absolute atomic E-state index is 0.0196. The van der Waals surface area contributed by atoms with Gasteiger partial charge in [-0.1, -0.05) is 0 Å². The van der Waals surface area contributed by atoms with Crippen molar-refractivity contribution in [2.75, 3.05) is 26.4 Å². The number of aryl methyl sites for hydroxylation is 1. The second kappa shape index (κ2) is 6.02. The van der Waals surface area contributed by atoms with Crippen LogP contribution < -0.4 is 5.73 Å². The van der Waals surface area contributed by atoms with Crippen molar-refractivity contribution in [2.45, 2.75) is 24.8 Å². The van der Waals surface area contributed by atoms with Crippen LogP contribution in [0.25, 0.3) is 0 Å². The fraction of sp³-hybridized carbons (Fsp3) is 0.600. The van der Waals surface area contributed by atoms with Crippen LogP contribution in [0, 0.1) is 0 Å². The lowest BCUT2D eigenvalue weighted by Gasteiger charge is -2.15. The molecule has 0 bridgehead atoms. The Balaban J connectivity index is 2.90. The maximum absolute atomic E-state index is 12.2. The molecule has 0 aliphatic carbocycles. The minimum atomic E-state index is -3.75. The number of hydrogen-bond acceptors (Lipinski definition) is 6. The summed E-state index contributed by atoms with van der Waals surface area (Å²) >= 11 is 0. The van der Waals surface area contributed by atoms with Crippen LogP contribution in [0.3, 0.4) is 0 Å². The zero-order chi connectivity index (χ0) is 14.6. The lowest BCUT2D eigenvalue weighted by molar-refractivity contribution is -0.140. The van der Waals surface area contributed by atoms with Gasteiger partial charge < -0.3 is 10.5 Å². The molecule has 0 saturated carbocycles. The number of nitrogen functional groups attached to an aromatic ring is 1. The van der Waals surface area contributed by atoms with Crippen LogP contribution in [-0.2, 0) is 26.1 Å². The van der Waals surface area contributed by atoms with Crippen molar-refractivity contribution in [3.8, 4) is 0 Å². The van der Waals surface area contributed by atoms with Gasteiger partial charge in [-0.15, -0.1) is 0 Å². The van der Waals surface area contributed by atoms with Gasteiger partial charge in [0.2, 0.25) is 10.0 Å². The number of esters is 1. The molecular formula is C10H18N4O4S. The van der Waals surface area contributed by atoms with Crippen LogP contribution in [0.15, 0.2) is 11.1 Å². The van der Waals surface area contributed by atoms with E-state index >= 15 is 0 Å². The highest BCUT2D eigenvalue weighted by molar-refractivity contribution is 7.89. The number of nitrogens with zero attached hydrogens (tertiary/aromatic N) is 3. The Labute approximate surface area is 112 Å². The van der Waals surface area contributed by atoms with E-state index in [2.05, 4.69) is 9.84 Å². The smallest absolute Gasteiger partial charge is 0.306 e. The molecule has 0 fully saturated rings. The largest absolute Gasteiger partial charge is 0.469 e. The molecule has 0 amide bonds. The number of rotatable bonds is 6. The molecule has 8 nitrogen and oxygen atoms in total. The van der Waals surface area contributed by atoms with Crippen molar-refractivity contribution in [3.63, 3.8) is 0 Å². The third-order valence-corrected chi connectivity index (χ3v) is 4.50. The van der Waals surface area contributed by atoms with Gasteiger partial charge in [0, 0.05) is 26.3 Å². The number of hydrogen-bond donors (Lipinski definition) is 1. The van der Waals surface area contributed by atoms with E-state index < -0.39 is 16.0 Å². The van der Waals surface area contributed by atoms with E-state index in [1.165, 1.54) is 25.0 Å². The molecule has 1 heterocycles. The first-order chi connectivity index (χ1) is 8.82. The van der Waals surface area contributed by atoms with E-state index in [1.807, 2.05) is 6.92 Å². The van der Waals surface area contributed by atoms with E-state index in [-0.39, 0.29) is 23.7 Å². The molecule has 1 aromatic heterocycles. The standard InChI is InChI=1S/C10H18N4O4S/c1-4-14-7-8(10(11)12-14)19(16,17)13(2)6-5-9(15)18-3/h7H,4-6H2,1-3H3,(H2,11,12). The van der Waals surface area contributed by atoms with Crippen molar-refractivity contribution < 1.29 is 17.9 Å². The third kappa shape index (κ3) is 3.44. The molecular weight excluding hydrogens is 272 g/mol. The fourth-order valence-corrected chi connectivity index (χ4v) is 2.65. The quantitative estimate of drug-likeness (QED) is 0.719. The Morgan fingerprint density at radius 3 is 2.68 bits per heavy atom. The first-order valence-corrected chi connectivity index (χ1v) is 7.13. The number of carbonyl (C=O) groups excluding carboxylic acids is 1. The summed E-state index contributed by atoms with van der Waals surface area (Å²) in [5.41, 5.74) is 5.59. The summed E-state index contributed by atoms with van der Waals surface area (Å²) < 4.78 is 31.4. The van der Waals surface area contributed by atoms with Crippen LogP contribution in [0.4, 0.5) is 5.82 Å². The Hall–Kier alpha value is -1.61. The van der Waals surface area contributed by atoms with Crippen molar-refractivity contribution >= 4 is 21.8 Å². The SMILES string of the molecule is CCn1cc(S(=O)(=O)N(C)CCC(=O)OC)c(N)n1. The molecule has 1 aromatic rings. The molecule has 108 valence electrons. The molecule has 19 heavy (non-hydrogen) atoms. The van der Waals surface area contributed by atoms with Gasteiger partial charge in [0.25, 0.3) is 0 Å². The Kier molecular flexibility index (Phi) is 4.90. The van der Waals surface area contributed by atoms with Crippen molar-refractivity contribution in [3.05, 3.63) is 6.20 Å². The number of nitrogens with two attached hydrogens (primary N) is 1. The van der Waals surface area contributed by atoms with Crippen molar-refractivity contribution in [1.82, 2.24) is 14.1 Å². The normalized spacial score (nSPS) is 11.8. The van der Waals surface area contributed by atoms with E-state index in [4.69, 9.17) is 5.73 Å². The minimum Gasteiger partial charge on any atom is -0.469 e. The van der Waals surface area contributed by atoms with Gasteiger partial charge >= 0.3 is 5.97 Å². The molecule has 0 spiro atoms. The highest BCUT2D eigenvalue weighted by Crippen LogP contribution is 2.20. The highest BCUT2D eigenvalue weighted by atomic mass is 32.2. The van der Waals surface area contributed by atoms with E-state index in [0.29, 0.717) is 6.54 Å². The monoisotopic (exact) mass is 290 g/mol. The summed E-state index contributed by atoms with van der Waals surface area (Å²) in [5, 5.41) is 3.89. The first kappa shape index (κ1) is 15.4. The van der Waals surface area contributed by atoms with E-state index in [0.717, 1.165) is 4.31 Å². The summed E-state index contributed by atoms with van der Waals surface area (Å²) in [7, 11) is -1.12. The molecule has 0 unspecified atom stereocenters. The number of carbonyl (C=O) groups is 1. The predicted octanol–water partition coefficient (Wildman–Crippen LogP) is -0.331. The Morgan fingerprint density at radius 1 is 1.58 bits per heavy atom. The molecule has 0 aliphatic rings. The maximum Gasteiger partial charge on any atom is 0.306 e. The third-order valence-electron chi connectivity index (χ3n) is 2.63. The summed E-state index contributed by atoms with van der Waals surface area (Å²) in [4.78, 5) is 11.0. The predicted molar refractivity (Wildman–Crippen MR) is 68.8 cm³/mol. The molecule has 0 radical (unpaired) electrons. The average molecular weight is 290 g/mol. The Morgan fingerprint density at radius 2 is 2.21 bits per heavy atom. The van der Waals surface area contributed by atoms with Gasteiger partial charge in [-0.2, -0.15) is 5.10 Å². The molecule has 0 aliphatic heterocycles. The van der Waals surface area contributed by atoms with Crippen LogP contribution >= 0.6 is 0 Å². The van der Waals surface area contributed by atoms with E-state index in [1.54, 1.807) is 0 Å². The second-order valence-corrected chi connectivity index (χ2v) is 5.90. The zero-order valence-electron chi connectivity index (χ0n) is 11.2. The maximum atomic E-state index is 12.2. The van der Waals surface area contributed by atoms with Crippen molar-refractivity contribution in [1.29, 1.82) is 0 Å². The van der Waals surface area contributed by atoms with Crippen LogP contribution in [0.1, 0.15) is 13.3 Å². The van der Waals surface area contributed by atoms with Gasteiger partial charge in [-0.05, 0) is 6.92 Å². The molecule has 0 aromatic carbocycles. The first-order valence-electron chi connectivity index (χ1n) is 5.69. The molecule has 0 saturated heterocycles. The number of sulfonamides is 1. The number of aromatic nitrogens is 2. The van der Waals surface area contributed by atoms with Crippen LogP contribution in [0.2, 0.25) is 0 Å². The van der Waals surface area contributed by atoms with Gasteiger partial charge in [-0.3, -0.25) is 9.48 Å². The van der Waals surface area contributed by atoms with Gasteiger partial charge in [0.05, 0.1) is 13.5 Å². The average Bonchev–Trinajstić information content (AvgIpc) is 2.77. The highest BCUT2D eigenvalue weighted by Gasteiger charge is 2.26. The van der Waals surface area contributed by atoms with Gasteiger partial charge in [0.15, 0.2) is 5.82 Å². The number of ether oxygens (including phenoxy) is 1. The summed E-state index contributed by atoms with van der Waals surface area (Å²) in [5.74, 6) is -0.522. The molecule has 0 atom stereocenters. The van der Waals surface area contributed by atoms with Gasteiger partial charge in [0.1, 0.15) is 4.90 Å². The molecule has 2 N–H and O–H groups in total. The summed E-state index contributed by atoms with van der Waals surface area (Å²) in [6, 6.07) is 0. The lowest BCUT2D eigenvalue weighted by Crippen LogP contribution is -2.29. The Bertz CT molecular complexity index is 552. The molecule has 9 heteroatoms. The number of methoxy groups -OCH3 is 1. The molecule has 1 rings (SSSR count). The topological polar surface area (TPSA) is 108 Å². The fourth-order valence-electron chi connectivity index (χ4n) is 1.42. The second-order valence-electron chi connectivity index (χ2n) is 3.89. The van der Waals surface area contributed by atoms with Crippen LogP contribution in [-0.4, -0.2) is 49.2 Å². The summed E-state index contributed by atoms with van der Waals surface area (Å²) in [6.45, 7) is 2.36. The summed E-state index contributed by atoms with van der Waals surface area (Å²) in [6.07, 6.45) is 1.35. The van der Waals surface area contributed by atoms with Crippen LogP contribution in [0.5, 0.6) is 0 Å². The van der Waals surface area contributed by atoms with E-state index in [9.17, 15) is 13.2 Å². The van der Waals surface area contributed by atoms with Crippen molar-refractivity contribution in [2.24, 2.45) is 0 Å². The lowest BCUT2D eigenvalue weighted by atomic mass is 10.4. The number of anilines is 1. The van der Waals surface area contributed by atoms with Gasteiger partial charge in [-0.25, -0.2) is 12.7 Å².